The fraction of sp³-hybridized carbons (Fsp3) is 0.125. The van der Waals surface area contributed by atoms with E-state index in [4.69, 9.17) is 21.6 Å². The monoisotopic (exact) mass is 285 g/mol. The molecule has 0 bridgehead atoms. The standard InChI is InChI=1S/C16H12ClNO2/c1-11(19)15-6-5-14(8-16(15)17)20-10-13-4-2-3-12(7-13)9-18/h2-8H,10H2,1H3. The number of Topliss-reactive ketones (excluding diaryl/α,β-unsaturated/α-hetero) is 1. The molecule has 0 amide bonds. The smallest absolute Gasteiger partial charge is 0.161 e. The summed E-state index contributed by atoms with van der Waals surface area (Å²) in [7, 11) is 0. The Balaban J connectivity index is 2.09. The number of halogens is 1. The Bertz CT molecular complexity index is 689. The van der Waals surface area contributed by atoms with Crippen LogP contribution in [-0.2, 0) is 6.61 Å². The molecule has 4 heteroatoms. The molecule has 0 heterocycles. The Hall–Kier alpha value is -2.31. The number of carbonyl (C=O) groups is 1. The Labute approximate surface area is 122 Å². The quantitative estimate of drug-likeness (QED) is 0.798. The van der Waals surface area contributed by atoms with Gasteiger partial charge in [-0.1, -0.05) is 23.7 Å². The summed E-state index contributed by atoms with van der Waals surface area (Å²) in [5, 5.41) is 9.20. The van der Waals surface area contributed by atoms with Crippen LogP contribution in [0.5, 0.6) is 5.75 Å². The van der Waals surface area contributed by atoms with Crippen molar-refractivity contribution in [1.82, 2.24) is 0 Å². The molecule has 0 spiro atoms. The van der Waals surface area contributed by atoms with Crippen molar-refractivity contribution in [3.8, 4) is 11.8 Å². The molecule has 2 rings (SSSR count). The maximum atomic E-state index is 11.3. The van der Waals surface area contributed by atoms with Crippen molar-refractivity contribution >= 4 is 17.4 Å². The lowest BCUT2D eigenvalue weighted by Gasteiger charge is -2.08. The van der Waals surface area contributed by atoms with Crippen LogP contribution >= 0.6 is 11.6 Å². The van der Waals surface area contributed by atoms with Crippen LogP contribution in [0.4, 0.5) is 0 Å². The Morgan fingerprint density at radius 2 is 2.10 bits per heavy atom. The second kappa shape index (κ2) is 6.23. The van der Waals surface area contributed by atoms with Gasteiger partial charge in [0.1, 0.15) is 12.4 Å². The van der Waals surface area contributed by atoms with Gasteiger partial charge in [-0.25, -0.2) is 0 Å². The first-order valence-corrected chi connectivity index (χ1v) is 6.40. The molecule has 3 nitrogen and oxygen atoms in total. The number of ketones is 1. The minimum absolute atomic E-state index is 0.0803. The van der Waals surface area contributed by atoms with Gasteiger partial charge in [0, 0.05) is 5.56 Å². The molecule has 0 saturated carbocycles. The van der Waals surface area contributed by atoms with E-state index in [2.05, 4.69) is 6.07 Å². The van der Waals surface area contributed by atoms with Gasteiger partial charge in [-0.3, -0.25) is 4.79 Å². The molecule has 100 valence electrons. The van der Waals surface area contributed by atoms with E-state index in [-0.39, 0.29) is 5.78 Å². The molecule has 0 aliphatic carbocycles. The zero-order chi connectivity index (χ0) is 14.5. The molecule has 0 radical (unpaired) electrons. The van der Waals surface area contributed by atoms with Crippen LogP contribution in [0.2, 0.25) is 5.02 Å². The summed E-state index contributed by atoms with van der Waals surface area (Å²) in [6.07, 6.45) is 0. The minimum Gasteiger partial charge on any atom is -0.489 e. The second-order valence-corrected chi connectivity index (χ2v) is 4.71. The number of carbonyl (C=O) groups excluding carboxylic acids is 1. The normalized spacial score (nSPS) is 9.85. The molecule has 0 aliphatic heterocycles. The van der Waals surface area contributed by atoms with Gasteiger partial charge in [0.2, 0.25) is 0 Å². The van der Waals surface area contributed by atoms with E-state index in [1.54, 1.807) is 30.3 Å². The number of benzene rings is 2. The van der Waals surface area contributed by atoms with Gasteiger partial charge >= 0.3 is 0 Å². The zero-order valence-corrected chi connectivity index (χ0v) is 11.6. The predicted octanol–water partition coefficient (Wildman–Crippen LogP) is 3.99. The molecule has 2 aromatic carbocycles. The first kappa shape index (κ1) is 14.1. The van der Waals surface area contributed by atoms with E-state index < -0.39 is 0 Å². The summed E-state index contributed by atoms with van der Waals surface area (Å²) in [5.41, 5.74) is 1.97. The average Bonchev–Trinajstić information content (AvgIpc) is 2.45. The Morgan fingerprint density at radius 1 is 1.30 bits per heavy atom. The van der Waals surface area contributed by atoms with E-state index >= 15 is 0 Å². The Morgan fingerprint density at radius 3 is 2.75 bits per heavy atom. The summed E-state index contributed by atoms with van der Waals surface area (Å²) >= 11 is 6.01. The van der Waals surface area contributed by atoms with E-state index in [9.17, 15) is 4.79 Å². The second-order valence-electron chi connectivity index (χ2n) is 4.30. The van der Waals surface area contributed by atoms with Crippen molar-refractivity contribution in [3.63, 3.8) is 0 Å². The lowest BCUT2D eigenvalue weighted by atomic mass is 10.1. The van der Waals surface area contributed by atoms with Gasteiger partial charge in [-0.2, -0.15) is 5.26 Å². The summed E-state index contributed by atoms with van der Waals surface area (Å²) < 4.78 is 5.60. The topological polar surface area (TPSA) is 50.1 Å². The average molecular weight is 286 g/mol. The van der Waals surface area contributed by atoms with Gasteiger partial charge < -0.3 is 4.74 Å². The summed E-state index contributed by atoms with van der Waals surface area (Å²) in [6, 6.07) is 14.2. The molecule has 0 unspecified atom stereocenters. The highest BCUT2D eigenvalue weighted by atomic mass is 35.5. The molecule has 0 N–H and O–H groups in total. The third kappa shape index (κ3) is 3.37. The molecule has 0 fully saturated rings. The third-order valence-corrected chi connectivity index (χ3v) is 3.09. The fourth-order valence-corrected chi connectivity index (χ4v) is 2.07. The van der Waals surface area contributed by atoms with Crippen molar-refractivity contribution in [2.24, 2.45) is 0 Å². The number of nitrogens with zero attached hydrogens (tertiary/aromatic N) is 1. The number of hydrogen-bond donors (Lipinski definition) is 0. The van der Waals surface area contributed by atoms with E-state index in [0.29, 0.717) is 28.5 Å². The number of nitriles is 1. The minimum atomic E-state index is -0.0803. The number of ether oxygens (including phenoxy) is 1. The van der Waals surface area contributed by atoms with Crippen molar-refractivity contribution < 1.29 is 9.53 Å². The van der Waals surface area contributed by atoms with Crippen LogP contribution in [0, 0.1) is 11.3 Å². The first-order chi connectivity index (χ1) is 9.60. The molecule has 20 heavy (non-hydrogen) atoms. The van der Waals surface area contributed by atoms with Crippen molar-refractivity contribution in [3.05, 3.63) is 64.2 Å². The fourth-order valence-electron chi connectivity index (χ4n) is 1.77. The predicted molar refractivity (Wildman–Crippen MR) is 76.9 cm³/mol. The molecular formula is C16H12ClNO2. The number of hydrogen-bond acceptors (Lipinski definition) is 3. The highest BCUT2D eigenvalue weighted by molar-refractivity contribution is 6.34. The summed E-state index contributed by atoms with van der Waals surface area (Å²) in [6.45, 7) is 1.81. The van der Waals surface area contributed by atoms with Crippen LogP contribution in [0.25, 0.3) is 0 Å². The van der Waals surface area contributed by atoms with Crippen molar-refractivity contribution in [2.45, 2.75) is 13.5 Å². The van der Waals surface area contributed by atoms with E-state index in [1.807, 2.05) is 12.1 Å². The lowest BCUT2D eigenvalue weighted by Crippen LogP contribution is -1.98. The zero-order valence-electron chi connectivity index (χ0n) is 10.9. The molecule has 0 aromatic heterocycles. The lowest BCUT2D eigenvalue weighted by molar-refractivity contribution is 0.101. The molecule has 0 saturated heterocycles. The maximum absolute atomic E-state index is 11.3. The molecule has 2 aromatic rings. The van der Waals surface area contributed by atoms with Gasteiger partial charge in [-0.05, 0) is 42.8 Å². The highest BCUT2D eigenvalue weighted by Crippen LogP contribution is 2.23. The van der Waals surface area contributed by atoms with Crippen molar-refractivity contribution in [1.29, 1.82) is 5.26 Å². The van der Waals surface area contributed by atoms with Gasteiger partial charge in [-0.15, -0.1) is 0 Å². The van der Waals surface area contributed by atoms with Crippen LogP contribution in [0.15, 0.2) is 42.5 Å². The van der Waals surface area contributed by atoms with Crippen molar-refractivity contribution in [2.75, 3.05) is 0 Å². The van der Waals surface area contributed by atoms with Gasteiger partial charge in [0.05, 0.1) is 16.7 Å². The van der Waals surface area contributed by atoms with Gasteiger partial charge in [0.25, 0.3) is 0 Å². The first-order valence-electron chi connectivity index (χ1n) is 6.02. The molecule has 0 atom stereocenters. The summed E-state index contributed by atoms with van der Waals surface area (Å²) in [5.74, 6) is 0.505. The number of rotatable bonds is 4. The van der Waals surface area contributed by atoms with Crippen LogP contribution in [-0.4, -0.2) is 5.78 Å². The van der Waals surface area contributed by atoms with Crippen LogP contribution in [0.1, 0.15) is 28.4 Å². The SMILES string of the molecule is CC(=O)c1ccc(OCc2cccc(C#N)c2)cc1Cl. The van der Waals surface area contributed by atoms with Gasteiger partial charge in [0.15, 0.2) is 5.78 Å². The van der Waals surface area contributed by atoms with Crippen LogP contribution < -0.4 is 4.74 Å². The largest absolute Gasteiger partial charge is 0.489 e. The molecule has 0 aliphatic rings. The highest BCUT2D eigenvalue weighted by Gasteiger charge is 2.07. The maximum Gasteiger partial charge on any atom is 0.161 e. The summed E-state index contributed by atoms with van der Waals surface area (Å²) in [4.78, 5) is 11.3. The van der Waals surface area contributed by atoms with Crippen LogP contribution in [0.3, 0.4) is 0 Å². The third-order valence-electron chi connectivity index (χ3n) is 2.78. The molecular weight excluding hydrogens is 274 g/mol. The Kier molecular flexibility index (Phi) is 4.39. The van der Waals surface area contributed by atoms with E-state index in [1.165, 1.54) is 6.92 Å². The van der Waals surface area contributed by atoms with E-state index in [0.717, 1.165) is 5.56 Å².